The molecule has 1 N–H and O–H groups in total. The Morgan fingerprint density at radius 3 is 2.19 bits per heavy atom. The lowest BCUT2D eigenvalue weighted by Crippen LogP contribution is -2.07. The number of aryl methyl sites for hydroxylation is 2. The molecule has 0 aliphatic heterocycles. The van der Waals surface area contributed by atoms with Gasteiger partial charge in [0.1, 0.15) is 5.82 Å². The highest BCUT2D eigenvalue weighted by Gasteiger charge is 2.16. The molecule has 0 heterocycles. The summed E-state index contributed by atoms with van der Waals surface area (Å²) in [7, 11) is 0. The van der Waals surface area contributed by atoms with Gasteiger partial charge in [-0.25, -0.2) is 4.39 Å². The summed E-state index contributed by atoms with van der Waals surface area (Å²) in [6.07, 6.45) is 1.32. The normalized spacial score (nSPS) is 14.9. The molecule has 1 aromatic carbocycles. The molecule has 0 amide bonds. The summed E-state index contributed by atoms with van der Waals surface area (Å²) in [5, 5.41) is 10.2. The second-order valence-corrected chi connectivity index (χ2v) is 4.72. The highest BCUT2D eigenvalue weighted by atomic mass is 19.1. The smallest absolute Gasteiger partial charge is 0.123 e. The lowest BCUT2D eigenvalue weighted by atomic mass is 9.91. The van der Waals surface area contributed by atoms with E-state index >= 15 is 0 Å². The fraction of sp³-hybridized carbons (Fsp3) is 0.571. The van der Waals surface area contributed by atoms with E-state index in [0.717, 1.165) is 29.5 Å². The van der Waals surface area contributed by atoms with Gasteiger partial charge in [0.15, 0.2) is 0 Å². The van der Waals surface area contributed by atoms with Gasteiger partial charge in [0.2, 0.25) is 0 Å². The van der Waals surface area contributed by atoms with Crippen molar-refractivity contribution in [2.75, 3.05) is 0 Å². The lowest BCUT2D eigenvalue weighted by Gasteiger charge is -2.19. The highest BCUT2D eigenvalue weighted by Crippen LogP contribution is 2.28. The van der Waals surface area contributed by atoms with Gasteiger partial charge in [-0.2, -0.15) is 0 Å². The van der Waals surface area contributed by atoms with Crippen molar-refractivity contribution in [3.8, 4) is 0 Å². The molecule has 0 radical (unpaired) electrons. The zero-order valence-corrected chi connectivity index (χ0v) is 10.5. The van der Waals surface area contributed by atoms with Crippen LogP contribution in [0.25, 0.3) is 0 Å². The fourth-order valence-electron chi connectivity index (χ4n) is 2.11. The summed E-state index contributed by atoms with van der Waals surface area (Å²) in [4.78, 5) is 0. The Bertz CT molecular complexity index is 337. The van der Waals surface area contributed by atoms with E-state index < -0.39 is 6.10 Å². The molecule has 1 nitrogen and oxygen atoms in total. The molecule has 90 valence electrons. The van der Waals surface area contributed by atoms with E-state index in [9.17, 15) is 9.50 Å². The van der Waals surface area contributed by atoms with Gasteiger partial charge >= 0.3 is 0 Å². The minimum atomic E-state index is -0.476. The average Bonchev–Trinajstić information content (AvgIpc) is 2.15. The van der Waals surface area contributed by atoms with Gasteiger partial charge in [0.05, 0.1) is 6.10 Å². The van der Waals surface area contributed by atoms with Crippen molar-refractivity contribution in [2.24, 2.45) is 5.92 Å². The first-order valence-corrected chi connectivity index (χ1v) is 5.90. The summed E-state index contributed by atoms with van der Waals surface area (Å²) in [6.45, 7) is 7.94. The third kappa shape index (κ3) is 3.05. The molecule has 2 atom stereocenters. The Morgan fingerprint density at radius 1 is 1.25 bits per heavy atom. The first kappa shape index (κ1) is 13.2. The number of rotatable bonds is 4. The van der Waals surface area contributed by atoms with Gasteiger partial charge in [-0.15, -0.1) is 0 Å². The molecule has 0 fully saturated rings. The molecule has 0 saturated heterocycles. The van der Waals surface area contributed by atoms with Crippen LogP contribution in [0.5, 0.6) is 0 Å². The van der Waals surface area contributed by atoms with Crippen LogP contribution in [0.1, 0.15) is 49.5 Å². The van der Waals surface area contributed by atoms with Gasteiger partial charge < -0.3 is 5.11 Å². The molecule has 2 unspecified atom stereocenters. The second-order valence-electron chi connectivity index (χ2n) is 4.72. The monoisotopic (exact) mass is 224 g/mol. The van der Waals surface area contributed by atoms with Crippen LogP contribution in [0.2, 0.25) is 0 Å². The van der Waals surface area contributed by atoms with Crippen molar-refractivity contribution in [1.29, 1.82) is 0 Å². The minimum absolute atomic E-state index is 0.227. The fourth-order valence-corrected chi connectivity index (χ4v) is 2.11. The van der Waals surface area contributed by atoms with Crippen LogP contribution < -0.4 is 0 Å². The maximum Gasteiger partial charge on any atom is 0.123 e. The molecule has 16 heavy (non-hydrogen) atoms. The first-order chi connectivity index (χ1) is 7.45. The standard InChI is InChI=1S/C14H21FO/c1-5-9(2)6-13(16)14-10(3)7-12(15)8-11(14)4/h7-9,13,16H,5-6H2,1-4H3. The first-order valence-electron chi connectivity index (χ1n) is 5.90. The number of aliphatic hydroxyl groups is 1. The van der Waals surface area contributed by atoms with E-state index in [1.165, 1.54) is 12.1 Å². The molecular formula is C14H21FO. The van der Waals surface area contributed by atoms with Crippen LogP contribution in [0.4, 0.5) is 4.39 Å². The van der Waals surface area contributed by atoms with Crippen molar-refractivity contribution in [2.45, 2.75) is 46.6 Å². The van der Waals surface area contributed by atoms with Crippen LogP contribution in [-0.4, -0.2) is 5.11 Å². The van der Waals surface area contributed by atoms with Gasteiger partial charge in [0.25, 0.3) is 0 Å². The predicted molar refractivity (Wildman–Crippen MR) is 64.9 cm³/mol. The average molecular weight is 224 g/mol. The number of hydrogen-bond acceptors (Lipinski definition) is 1. The van der Waals surface area contributed by atoms with E-state index in [1.54, 1.807) is 0 Å². The van der Waals surface area contributed by atoms with E-state index in [4.69, 9.17) is 0 Å². The van der Waals surface area contributed by atoms with E-state index in [0.29, 0.717) is 5.92 Å². The zero-order valence-electron chi connectivity index (χ0n) is 10.5. The Hall–Kier alpha value is -0.890. The molecule has 0 aromatic heterocycles. The lowest BCUT2D eigenvalue weighted by molar-refractivity contribution is 0.145. The van der Waals surface area contributed by atoms with Crippen LogP contribution in [0.3, 0.4) is 0 Å². The zero-order chi connectivity index (χ0) is 12.3. The molecule has 0 saturated carbocycles. The minimum Gasteiger partial charge on any atom is -0.388 e. The van der Waals surface area contributed by atoms with Crippen molar-refractivity contribution in [3.05, 3.63) is 34.6 Å². The summed E-state index contributed by atoms with van der Waals surface area (Å²) < 4.78 is 13.1. The number of hydrogen-bond donors (Lipinski definition) is 1. The topological polar surface area (TPSA) is 20.2 Å². The Balaban J connectivity index is 2.95. The molecule has 0 aliphatic rings. The maximum atomic E-state index is 13.1. The molecule has 2 heteroatoms. The molecule has 1 rings (SSSR count). The molecule has 0 aliphatic carbocycles. The maximum absolute atomic E-state index is 13.1. The van der Waals surface area contributed by atoms with Crippen molar-refractivity contribution in [1.82, 2.24) is 0 Å². The summed E-state index contributed by atoms with van der Waals surface area (Å²) in [5.41, 5.74) is 2.57. The van der Waals surface area contributed by atoms with Crippen LogP contribution in [-0.2, 0) is 0 Å². The van der Waals surface area contributed by atoms with Crippen LogP contribution in [0.15, 0.2) is 12.1 Å². The molecule has 0 bridgehead atoms. The molecule has 0 spiro atoms. The largest absolute Gasteiger partial charge is 0.388 e. The second kappa shape index (κ2) is 5.44. The van der Waals surface area contributed by atoms with Crippen LogP contribution >= 0.6 is 0 Å². The molecular weight excluding hydrogens is 203 g/mol. The summed E-state index contributed by atoms with van der Waals surface area (Å²) in [6, 6.07) is 2.98. The van der Waals surface area contributed by atoms with Gasteiger partial charge in [0, 0.05) is 0 Å². The number of halogens is 1. The predicted octanol–water partition coefficient (Wildman–Crippen LogP) is 3.91. The highest BCUT2D eigenvalue weighted by molar-refractivity contribution is 5.36. The van der Waals surface area contributed by atoms with E-state index in [-0.39, 0.29) is 5.82 Å². The number of aliphatic hydroxyl groups excluding tert-OH is 1. The van der Waals surface area contributed by atoms with Gasteiger partial charge in [-0.05, 0) is 55.0 Å². The Kier molecular flexibility index (Phi) is 4.48. The van der Waals surface area contributed by atoms with E-state index in [2.05, 4.69) is 13.8 Å². The quantitative estimate of drug-likeness (QED) is 0.822. The molecule has 1 aromatic rings. The van der Waals surface area contributed by atoms with Gasteiger partial charge in [-0.1, -0.05) is 20.3 Å². The van der Waals surface area contributed by atoms with Crippen molar-refractivity contribution < 1.29 is 9.50 Å². The van der Waals surface area contributed by atoms with Crippen LogP contribution in [0, 0.1) is 25.6 Å². The third-order valence-electron chi connectivity index (χ3n) is 3.21. The Morgan fingerprint density at radius 2 is 1.75 bits per heavy atom. The SMILES string of the molecule is CCC(C)CC(O)c1c(C)cc(F)cc1C. The number of benzene rings is 1. The van der Waals surface area contributed by atoms with E-state index in [1.807, 2.05) is 13.8 Å². The Labute approximate surface area is 97.3 Å². The summed E-state index contributed by atoms with van der Waals surface area (Å²) in [5.74, 6) is 0.258. The van der Waals surface area contributed by atoms with Crippen molar-refractivity contribution >= 4 is 0 Å². The van der Waals surface area contributed by atoms with Crippen molar-refractivity contribution in [3.63, 3.8) is 0 Å². The summed E-state index contributed by atoms with van der Waals surface area (Å²) >= 11 is 0. The third-order valence-corrected chi connectivity index (χ3v) is 3.21. The van der Waals surface area contributed by atoms with Gasteiger partial charge in [-0.3, -0.25) is 0 Å².